The highest BCUT2D eigenvalue weighted by Crippen LogP contribution is 2.02. The minimum absolute atomic E-state index is 0.0769. The maximum Gasteiger partial charge on any atom is 0.277 e. The van der Waals surface area contributed by atoms with Crippen LogP contribution in [-0.4, -0.2) is 28.1 Å². The third kappa shape index (κ3) is 2.92. The van der Waals surface area contributed by atoms with Crippen molar-refractivity contribution in [3.63, 3.8) is 0 Å². The molecule has 0 radical (unpaired) electrons. The molecule has 1 aromatic heterocycles. The van der Waals surface area contributed by atoms with Gasteiger partial charge in [-0.15, -0.1) is 5.10 Å². The van der Waals surface area contributed by atoms with Gasteiger partial charge in [-0.3, -0.25) is 4.79 Å². The van der Waals surface area contributed by atoms with Gasteiger partial charge in [0.05, 0.1) is 11.9 Å². The molecule has 2 aromatic rings. The van der Waals surface area contributed by atoms with Crippen molar-refractivity contribution in [3.8, 4) is 0 Å². The van der Waals surface area contributed by atoms with E-state index >= 15 is 0 Å². The minimum atomic E-state index is -0.0769. The highest BCUT2D eigenvalue weighted by atomic mass is 16.1. The first-order valence-electron chi connectivity index (χ1n) is 6.21. The van der Waals surface area contributed by atoms with Crippen LogP contribution in [0.15, 0.2) is 29.1 Å². The second-order valence-electron chi connectivity index (χ2n) is 4.73. The van der Waals surface area contributed by atoms with Crippen molar-refractivity contribution in [2.45, 2.75) is 20.4 Å². The first-order valence-corrected chi connectivity index (χ1v) is 6.21. The van der Waals surface area contributed by atoms with E-state index in [1.807, 2.05) is 12.1 Å². The molecule has 1 heterocycles. The molecule has 0 fully saturated rings. The highest BCUT2D eigenvalue weighted by molar-refractivity contribution is 5.76. The molecule has 0 amide bonds. The molecule has 2 rings (SSSR count). The minimum Gasteiger partial charge on any atom is -0.315 e. The van der Waals surface area contributed by atoms with Crippen molar-refractivity contribution in [1.29, 1.82) is 0 Å². The fraction of sp³-hybridized carbons (Fsp3) is 0.462. The molecule has 18 heavy (non-hydrogen) atoms. The van der Waals surface area contributed by atoms with Crippen LogP contribution >= 0.6 is 0 Å². The quantitative estimate of drug-likeness (QED) is 0.801. The molecule has 5 heteroatoms. The van der Waals surface area contributed by atoms with E-state index in [9.17, 15) is 4.79 Å². The van der Waals surface area contributed by atoms with Gasteiger partial charge in [0.25, 0.3) is 5.56 Å². The zero-order chi connectivity index (χ0) is 13.0. The average Bonchev–Trinajstić information content (AvgIpc) is 2.37. The van der Waals surface area contributed by atoms with E-state index in [-0.39, 0.29) is 5.56 Å². The molecular formula is C13H18N4O. The van der Waals surface area contributed by atoms with E-state index in [2.05, 4.69) is 29.5 Å². The summed E-state index contributed by atoms with van der Waals surface area (Å²) in [5.41, 5.74) is 0.570. The molecule has 0 saturated heterocycles. The number of nitrogens with one attached hydrogen (secondary N) is 1. The Balaban J connectivity index is 2.10. The fourth-order valence-electron chi connectivity index (χ4n) is 1.75. The fourth-order valence-corrected chi connectivity index (χ4v) is 1.75. The number of hydrogen-bond acceptors (Lipinski definition) is 4. The molecule has 5 nitrogen and oxygen atoms in total. The second kappa shape index (κ2) is 5.73. The van der Waals surface area contributed by atoms with Gasteiger partial charge in [-0.2, -0.15) is 0 Å². The molecular weight excluding hydrogens is 228 g/mol. The Labute approximate surface area is 106 Å². The van der Waals surface area contributed by atoms with Crippen molar-refractivity contribution >= 4 is 10.9 Å². The lowest BCUT2D eigenvalue weighted by Gasteiger charge is -2.08. The number of hydrogen-bond donors (Lipinski definition) is 1. The third-order valence-electron chi connectivity index (χ3n) is 2.68. The van der Waals surface area contributed by atoms with Gasteiger partial charge in [-0.1, -0.05) is 31.2 Å². The van der Waals surface area contributed by atoms with Crippen molar-refractivity contribution in [2.24, 2.45) is 5.92 Å². The molecule has 0 spiro atoms. The van der Waals surface area contributed by atoms with Crippen molar-refractivity contribution in [3.05, 3.63) is 34.6 Å². The first-order chi connectivity index (χ1) is 8.68. The molecule has 0 aliphatic carbocycles. The largest absolute Gasteiger partial charge is 0.315 e. The Bertz CT molecular complexity index is 576. The van der Waals surface area contributed by atoms with Gasteiger partial charge in [0.2, 0.25) is 0 Å². The summed E-state index contributed by atoms with van der Waals surface area (Å²) < 4.78 is 1.41. The maximum absolute atomic E-state index is 12.1. The maximum atomic E-state index is 12.1. The van der Waals surface area contributed by atoms with Gasteiger partial charge in [-0.25, -0.2) is 4.68 Å². The van der Waals surface area contributed by atoms with Crippen LogP contribution in [-0.2, 0) is 6.54 Å². The standard InChI is InChI=1S/C13H18N4O/c1-10(2)9-14-7-8-17-13(18)11-5-3-4-6-12(11)15-16-17/h3-6,10,14H,7-9H2,1-2H3. The number of benzene rings is 1. The lowest BCUT2D eigenvalue weighted by Crippen LogP contribution is -2.31. The highest BCUT2D eigenvalue weighted by Gasteiger charge is 2.04. The van der Waals surface area contributed by atoms with E-state index in [4.69, 9.17) is 0 Å². The number of aromatic nitrogens is 3. The van der Waals surface area contributed by atoms with Crippen molar-refractivity contribution < 1.29 is 0 Å². The predicted octanol–water partition coefficient (Wildman–Crippen LogP) is 1.04. The van der Waals surface area contributed by atoms with Gasteiger partial charge >= 0.3 is 0 Å². The van der Waals surface area contributed by atoms with Crippen molar-refractivity contribution in [1.82, 2.24) is 20.3 Å². The second-order valence-corrected chi connectivity index (χ2v) is 4.73. The summed E-state index contributed by atoms with van der Waals surface area (Å²) in [6.07, 6.45) is 0. The summed E-state index contributed by atoms with van der Waals surface area (Å²) in [5, 5.41) is 11.9. The summed E-state index contributed by atoms with van der Waals surface area (Å²) >= 11 is 0. The Morgan fingerprint density at radius 1 is 1.33 bits per heavy atom. The summed E-state index contributed by atoms with van der Waals surface area (Å²) in [6, 6.07) is 7.27. The van der Waals surface area contributed by atoms with Crippen LogP contribution in [0.5, 0.6) is 0 Å². The molecule has 0 aliphatic rings. The summed E-state index contributed by atoms with van der Waals surface area (Å²) in [7, 11) is 0. The number of fused-ring (bicyclic) bond motifs is 1. The van der Waals surface area contributed by atoms with Crippen LogP contribution in [0.25, 0.3) is 10.9 Å². The van der Waals surface area contributed by atoms with E-state index < -0.39 is 0 Å². The average molecular weight is 246 g/mol. The monoisotopic (exact) mass is 246 g/mol. The van der Waals surface area contributed by atoms with E-state index in [1.165, 1.54) is 4.68 Å². The lowest BCUT2D eigenvalue weighted by molar-refractivity contribution is 0.484. The van der Waals surface area contributed by atoms with Crippen LogP contribution < -0.4 is 10.9 Å². The van der Waals surface area contributed by atoms with Crippen LogP contribution in [0, 0.1) is 5.92 Å². The molecule has 0 bridgehead atoms. The third-order valence-corrected chi connectivity index (χ3v) is 2.68. The Kier molecular flexibility index (Phi) is 4.04. The van der Waals surface area contributed by atoms with E-state index in [1.54, 1.807) is 12.1 Å². The van der Waals surface area contributed by atoms with E-state index in [0.717, 1.165) is 13.1 Å². The molecule has 0 saturated carbocycles. The number of nitrogens with zero attached hydrogens (tertiary/aromatic N) is 3. The predicted molar refractivity (Wildman–Crippen MR) is 71.5 cm³/mol. The van der Waals surface area contributed by atoms with Crippen LogP contribution in [0.3, 0.4) is 0 Å². The van der Waals surface area contributed by atoms with Gasteiger partial charge < -0.3 is 5.32 Å². The van der Waals surface area contributed by atoms with Crippen LogP contribution in [0.1, 0.15) is 13.8 Å². The zero-order valence-corrected chi connectivity index (χ0v) is 10.8. The van der Waals surface area contributed by atoms with Gasteiger partial charge in [0.15, 0.2) is 0 Å². The van der Waals surface area contributed by atoms with Crippen LogP contribution in [0.2, 0.25) is 0 Å². The Hall–Kier alpha value is -1.75. The van der Waals surface area contributed by atoms with Gasteiger partial charge in [-0.05, 0) is 24.6 Å². The van der Waals surface area contributed by atoms with Crippen molar-refractivity contribution in [2.75, 3.05) is 13.1 Å². The van der Waals surface area contributed by atoms with E-state index in [0.29, 0.717) is 23.4 Å². The van der Waals surface area contributed by atoms with Gasteiger partial charge in [0.1, 0.15) is 5.52 Å². The smallest absolute Gasteiger partial charge is 0.277 e. The number of rotatable bonds is 5. The topological polar surface area (TPSA) is 59.8 Å². The SMILES string of the molecule is CC(C)CNCCn1nnc2ccccc2c1=O. The summed E-state index contributed by atoms with van der Waals surface area (Å²) in [4.78, 5) is 12.1. The lowest BCUT2D eigenvalue weighted by atomic mass is 10.2. The summed E-state index contributed by atoms with van der Waals surface area (Å²) in [5.74, 6) is 0.601. The molecule has 0 unspecified atom stereocenters. The summed E-state index contributed by atoms with van der Waals surface area (Å²) in [6.45, 7) is 6.51. The van der Waals surface area contributed by atoms with Crippen LogP contribution in [0.4, 0.5) is 0 Å². The zero-order valence-electron chi connectivity index (χ0n) is 10.8. The molecule has 0 atom stereocenters. The Morgan fingerprint density at radius 3 is 2.89 bits per heavy atom. The normalized spacial score (nSPS) is 11.3. The molecule has 0 aliphatic heterocycles. The molecule has 96 valence electrons. The van der Waals surface area contributed by atoms with Gasteiger partial charge in [0, 0.05) is 6.54 Å². The Morgan fingerprint density at radius 2 is 2.11 bits per heavy atom. The first kappa shape index (κ1) is 12.7. The molecule has 1 aromatic carbocycles. The molecule has 1 N–H and O–H groups in total.